The van der Waals surface area contributed by atoms with Crippen molar-refractivity contribution in [2.24, 2.45) is 0 Å². The Morgan fingerprint density at radius 1 is 0.909 bits per heavy atom. The van der Waals surface area contributed by atoms with Crippen LogP contribution in [0, 0.1) is 22.7 Å². The molecule has 0 aromatic heterocycles. The maximum absolute atomic E-state index is 8.90. The molecule has 0 aliphatic carbocycles. The summed E-state index contributed by atoms with van der Waals surface area (Å²) < 4.78 is 0. The molecule has 0 bridgehead atoms. The minimum absolute atomic E-state index is 0.659. The van der Waals surface area contributed by atoms with E-state index in [1.165, 1.54) is 5.57 Å². The minimum Gasteiger partial charge on any atom is -0.383 e. The van der Waals surface area contributed by atoms with Gasteiger partial charge in [-0.05, 0) is 47.4 Å². The standard InChI is InChI=1S/C19H17N3/c1-22(2)14-19(18-9-7-17(13-21)8-10-18)11-15-3-5-16(12-20)6-4-15/h3-10,14H,11H2,1-2H3/b19-14+. The molecule has 0 saturated carbocycles. The number of benzene rings is 2. The highest BCUT2D eigenvalue weighted by molar-refractivity contribution is 5.68. The van der Waals surface area contributed by atoms with Crippen LogP contribution >= 0.6 is 0 Å². The van der Waals surface area contributed by atoms with Crippen molar-refractivity contribution in [3.05, 3.63) is 77.0 Å². The Labute approximate surface area is 131 Å². The Hall–Kier alpha value is -3.04. The fourth-order valence-corrected chi connectivity index (χ4v) is 2.21. The van der Waals surface area contributed by atoms with Gasteiger partial charge in [-0.15, -0.1) is 0 Å². The van der Waals surface area contributed by atoms with Crippen LogP contribution in [0.15, 0.2) is 54.7 Å². The lowest BCUT2D eigenvalue weighted by atomic mass is 9.97. The van der Waals surface area contributed by atoms with Gasteiger partial charge >= 0.3 is 0 Å². The van der Waals surface area contributed by atoms with E-state index < -0.39 is 0 Å². The van der Waals surface area contributed by atoms with E-state index in [-0.39, 0.29) is 0 Å². The highest BCUT2D eigenvalue weighted by Crippen LogP contribution is 2.21. The third-order valence-electron chi connectivity index (χ3n) is 3.28. The fourth-order valence-electron chi connectivity index (χ4n) is 2.21. The van der Waals surface area contributed by atoms with Crippen molar-refractivity contribution >= 4 is 5.57 Å². The third kappa shape index (κ3) is 3.98. The van der Waals surface area contributed by atoms with Gasteiger partial charge in [0.05, 0.1) is 23.3 Å². The molecule has 0 atom stereocenters. The Kier molecular flexibility index (Phi) is 4.96. The van der Waals surface area contributed by atoms with E-state index in [1.54, 1.807) is 0 Å². The molecule has 0 amide bonds. The summed E-state index contributed by atoms with van der Waals surface area (Å²) in [4.78, 5) is 2.01. The molecule has 0 N–H and O–H groups in total. The number of rotatable bonds is 4. The van der Waals surface area contributed by atoms with Crippen molar-refractivity contribution in [1.29, 1.82) is 10.5 Å². The van der Waals surface area contributed by atoms with E-state index in [1.807, 2.05) is 67.5 Å². The van der Waals surface area contributed by atoms with Gasteiger partial charge in [0.25, 0.3) is 0 Å². The van der Waals surface area contributed by atoms with E-state index in [9.17, 15) is 0 Å². The lowest BCUT2D eigenvalue weighted by Crippen LogP contribution is -2.04. The molecule has 0 spiro atoms. The molecule has 2 rings (SSSR count). The van der Waals surface area contributed by atoms with Gasteiger partial charge in [0, 0.05) is 20.3 Å². The zero-order valence-corrected chi connectivity index (χ0v) is 12.7. The van der Waals surface area contributed by atoms with Gasteiger partial charge in [-0.2, -0.15) is 10.5 Å². The van der Waals surface area contributed by atoms with Crippen LogP contribution in [0.3, 0.4) is 0 Å². The van der Waals surface area contributed by atoms with Crippen LogP contribution in [0.5, 0.6) is 0 Å². The first-order valence-electron chi connectivity index (χ1n) is 6.99. The first-order valence-corrected chi connectivity index (χ1v) is 6.99. The normalized spacial score (nSPS) is 10.6. The molecule has 0 radical (unpaired) electrons. The average Bonchev–Trinajstić information content (AvgIpc) is 2.54. The summed E-state index contributed by atoms with van der Waals surface area (Å²) in [5.74, 6) is 0. The lowest BCUT2D eigenvalue weighted by Gasteiger charge is -2.13. The molecule has 0 saturated heterocycles. The molecule has 2 aromatic carbocycles. The van der Waals surface area contributed by atoms with Gasteiger partial charge in [0.15, 0.2) is 0 Å². The van der Waals surface area contributed by atoms with Gasteiger partial charge in [0.2, 0.25) is 0 Å². The number of nitrogens with zero attached hydrogens (tertiary/aromatic N) is 3. The minimum atomic E-state index is 0.659. The smallest absolute Gasteiger partial charge is 0.0991 e. The van der Waals surface area contributed by atoms with E-state index >= 15 is 0 Å². The van der Waals surface area contributed by atoms with Crippen LogP contribution in [0.1, 0.15) is 22.3 Å². The van der Waals surface area contributed by atoms with E-state index in [2.05, 4.69) is 18.3 Å². The summed E-state index contributed by atoms with van der Waals surface area (Å²) >= 11 is 0. The van der Waals surface area contributed by atoms with Crippen LogP contribution < -0.4 is 0 Å². The third-order valence-corrected chi connectivity index (χ3v) is 3.28. The van der Waals surface area contributed by atoms with Crippen LogP contribution in [0.2, 0.25) is 0 Å². The van der Waals surface area contributed by atoms with Crippen LogP contribution in [-0.2, 0) is 6.42 Å². The number of hydrogen-bond donors (Lipinski definition) is 0. The van der Waals surface area contributed by atoms with Crippen molar-refractivity contribution in [3.63, 3.8) is 0 Å². The zero-order valence-electron chi connectivity index (χ0n) is 12.7. The van der Waals surface area contributed by atoms with E-state index in [4.69, 9.17) is 10.5 Å². The molecule has 108 valence electrons. The second-order valence-electron chi connectivity index (χ2n) is 5.29. The second kappa shape index (κ2) is 7.11. The molecule has 0 aliphatic heterocycles. The maximum atomic E-state index is 8.90. The first kappa shape index (κ1) is 15.4. The summed E-state index contributed by atoms with van der Waals surface area (Å²) in [6.45, 7) is 0. The highest BCUT2D eigenvalue weighted by Gasteiger charge is 2.05. The van der Waals surface area contributed by atoms with Crippen molar-refractivity contribution < 1.29 is 0 Å². The molecule has 0 heterocycles. The number of hydrogen-bond acceptors (Lipinski definition) is 3. The fraction of sp³-hybridized carbons (Fsp3) is 0.158. The van der Waals surface area contributed by atoms with Crippen molar-refractivity contribution in [2.45, 2.75) is 6.42 Å². The summed E-state index contributed by atoms with van der Waals surface area (Å²) in [5.41, 5.74) is 4.74. The zero-order chi connectivity index (χ0) is 15.9. The van der Waals surface area contributed by atoms with Crippen molar-refractivity contribution in [2.75, 3.05) is 14.1 Å². The molecule has 0 fully saturated rings. The largest absolute Gasteiger partial charge is 0.383 e. The average molecular weight is 287 g/mol. The Bertz CT molecular complexity index is 739. The van der Waals surface area contributed by atoms with Gasteiger partial charge in [-0.25, -0.2) is 0 Å². The molecule has 3 nitrogen and oxygen atoms in total. The van der Waals surface area contributed by atoms with Crippen molar-refractivity contribution in [1.82, 2.24) is 4.90 Å². The maximum Gasteiger partial charge on any atom is 0.0991 e. The van der Waals surface area contributed by atoms with Gasteiger partial charge < -0.3 is 4.90 Å². The van der Waals surface area contributed by atoms with Crippen molar-refractivity contribution in [3.8, 4) is 12.1 Å². The predicted molar refractivity (Wildman–Crippen MR) is 87.7 cm³/mol. The molecule has 2 aromatic rings. The summed E-state index contributed by atoms with van der Waals surface area (Å²) in [7, 11) is 3.98. The Morgan fingerprint density at radius 3 is 1.86 bits per heavy atom. The summed E-state index contributed by atoms with van der Waals surface area (Å²) in [6.07, 6.45) is 2.86. The van der Waals surface area contributed by atoms with Gasteiger partial charge in [-0.1, -0.05) is 24.3 Å². The predicted octanol–water partition coefficient (Wildman–Crippen LogP) is 3.58. The SMILES string of the molecule is CN(C)/C=C(\Cc1ccc(C#N)cc1)c1ccc(C#N)cc1. The Balaban J connectivity index is 2.30. The van der Waals surface area contributed by atoms with E-state index in [0.717, 1.165) is 17.5 Å². The number of nitriles is 2. The Morgan fingerprint density at radius 2 is 1.41 bits per heavy atom. The van der Waals surface area contributed by atoms with Crippen LogP contribution in [0.4, 0.5) is 0 Å². The van der Waals surface area contributed by atoms with Gasteiger partial charge in [0.1, 0.15) is 0 Å². The quantitative estimate of drug-likeness (QED) is 0.863. The second-order valence-corrected chi connectivity index (χ2v) is 5.29. The molecular weight excluding hydrogens is 270 g/mol. The first-order chi connectivity index (χ1) is 10.6. The number of allylic oxidation sites excluding steroid dienone is 1. The summed E-state index contributed by atoms with van der Waals surface area (Å²) in [6, 6.07) is 19.5. The molecule has 22 heavy (non-hydrogen) atoms. The van der Waals surface area contributed by atoms with Crippen LogP contribution in [0.25, 0.3) is 5.57 Å². The monoisotopic (exact) mass is 287 g/mol. The molecule has 0 unspecified atom stereocenters. The highest BCUT2D eigenvalue weighted by atomic mass is 15.0. The van der Waals surface area contributed by atoms with Gasteiger partial charge in [-0.3, -0.25) is 0 Å². The van der Waals surface area contributed by atoms with E-state index in [0.29, 0.717) is 11.1 Å². The van der Waals surface area contributed by atoms with Crippen LogP contribution in [-0.4, -0.2) is 19.0 Å². The molecule has 3 heteroatoms. The lowest BCUT2D eigenvalue weighted by molar-refractivity contribution is 0.564. The molecule has 0 aliphatic rings. The topological polar surface area (TPSA) is 50.8 Å². The summed E-state index contributed by atoms with van der Waals surface area (Å²) in [5, 5.41) is 17.8. The molecular formula is C19H17N3.